The standard InChI is InChI=1S/C33H39N5O/c1-25-23-32(35-29-15-7-5-13-27(25)29)37-21-19-36(20-22-37)18-10-9-17-31-34-30-16-8-6-14-28(30)33(39)38(31)24-26-11-3-2-4-12-26/h2-5,7,11-13,15,23H,6,8-10,14,16-22,24H2,1H3. The Kier molecular flexibility index (Phi) is 7.73. The largest absolute Gasteiger partial charge is 0.354 e. The van der Waals surface area contributed by atoms with Gasteiger partial charge in [-0.2, -0.15) is 0 Å². The van der Waals surface area contributed by atoms with Gasteiger partial charge in [-0.3, -0.25) is 14.3 Å². The Morgan fingerprint density at radius 1 is 0.846 bits per heavy atom. The maximum absolute atomic E-state index is 13.5. The zero-order chi connectivity index (χ0) is 26.6. The molecule has 2 aromatic carbocycles. The summed E-state index contributed by atoms with van der Waals surface area (Å²) in [6.45, 7) is 8.01. The Morgan fingerprint density at radius 3 is 2.46 bits per heavy atom. The molecule has 1 aliphatic carbocycles. The second kappa shape index (κ2) is 11.7. The van der Waals surface area contributed by atoms with Crippen molar-refractivity contribution in [2.24, 2.45) is 0 Å². The summed E-state index contributed by atoms with van der Waals surface area (Å²) < 4.78 is 1.96. The highest BCUT2D eigenvalue weighted by atomic mass is 16.1. The van der Waals surface area contributed by atoms with Crippen molar-refractivity contribution in [3.05, 3.63) is 99.2 Å². The summed E-state index contributed by atoms with van der Waals surface area (Å²) in [5.41, 5.74) is 5.73. The predicted molar refractivity (Wildman–Crippen MR) is 159 cm³/mol. The van der Waals surface area contributed by atoms with Crippen LogP contribution in [0.2, 0.25) is 0 Å². The Hall–Kier alpha value is -3.51. The molecule has 2 aromatic heterocycles. The number of anilines is 1. The molecular formula is C33H39N5O. The van der Waals surface area contributed by atoms with E-state index in [4.69, 9.17) is 9.97 Å². The second-order valence-corrected chi connectivity index (χ2v) is 11.1. The van der Waals surface area contributed by atoms with Crippen molar-refractivity contribution >= 4 is 16.7 Å². The van der Waals surface area contributed by atoms with Gasteiger partial charge in [0.05, 0.1) is 17.8 Å². The van der Waals surface area contributed by atoms with Gasteiger partial charge >= 0.3 is 0 Å². The van der Waals surface area contributed by atoms with E-state index in [1.54, 1.807) is 0 Å². The molecule has 0 saturated carbocycles. The van der Waals surface area contributed by atoms with Gasteiger partial charge < -0.3 is 4.90 Å². The number of aromatic nitrogens is 3. The highest BCUT2D eigenvalue weighted by molar-refractivity contribution is 5.83. The van der Waals surface area contributed by atoms with Crippen molar-refractivity contribution in [1.82, 2.24) is 19.4 Å². The summed E-state index contributed by atoms with van der Waals surface area (Å²) >= 11 is 0. The SMILES string of the molecule is Cc1cc(N2CCN(CCCCc3nc4c(c(=O)n3Cc3ccccc3)CCCC4)CC2)nc2ccccc12. The summed E-state index contributed by atoms with van der Waals surface area (Å²) in [6.07, 6.45) is 7.07. The van der Waals surface area contributed by atoms with E-state index in [2.05, 4.69) is 59.2 Å². The van der Waals surface area contributed by atoms with Crippen LogP contribution in [0.25, 0.3) is 10.9 Å². The molecular weight excluding hydrogens is 482 g/mol. The smallest absolute Gasteiger partial charge is 0.257 e. The highest BCUT2D eigenvalue weighted by Gasteiger charge is 2.21. The third kappa shape index (κ3) is 5.76. The van der Waals surface area contributed by atoms with E-state index in [9.17, 15) is 4.79 Å². The molecule has 1 aliphatic heterocycles. The summed E-state index contributed by atoms with van der Waals surface area (Å²) in [7, 11) is 0. The number of fused-ring (bicyclic) bond motifs is 2. The summed E-state index contributed by atoms with van der Waals surface area (Å²) in [5.74, 6) is 2.06. The molecule has 1 fully saturated rings. The molecule has 3 heterocycles. The van der Waals surface area contributed by atoms with E-state index in [1.165, 1.54) is 10.9 Å². The van der Waals surface area contributed by atoms with Crippen LogP contribution < -0.4 is 10.5 Å². The minimum absolute atomic E-state index is 0.187. The molecule has 0 bridgehead atoms. The van der Waals surface area contributed by atoms with Crippen LogP contribution in [0.1, 0.15) is 53.9 Å². The minimum atomic E-state index is 0.187. The number of pyridine rings is 1. The quantitative estimate of drug-likeness (QED) is 0.300. The first kappa shape index (κ1) is 25.8. The Morgan fingerprint density at radius 2 is 1.62 bits per heavy atom. The molecule has 2 aliphatic rings. The van der Waals surface area contributed by atoms with Gasteiger partial charge in [0.2, 0.25) is 0 Å². The number of piperazine rings is 1. The molecule has 0 radical (unpaired) electrons. The van der Waals surface area contributed by atoms with Crippen LogP contribution in [0.3, 0.4) is 0 Å². The van der Waals surface area contributed by atoms with Gasteiger partial charge in [-0.15, -0.1) is 0 Å². The van der Waals surface area contributed by atoms with Gasteiger partial charge in [-0.1, -0.05) is 48.5 Å². The van der Waals surface area contributed by atoms with Crippen LogP contribution >= 0.6 is 0 Å². The van der Waals surface area contributed by atoms with E-state index in [-0.39, 0.29) is 5.56 Å². The fourth-order valence-electron chi connectivity index (χ4n) is 6.17. The normalized spacial score (nSPS) is 16.0. The molecule has 0 atom stereocenters. The average Bonchev–Trinajstić information content (AvgIpc) is 2.98. The lowest BCUT2D eigenvalue weighted by atomic mass is 9.96. The first-order valence-corrected chi connectivity index (χ1v) is 14.6. The number of benzene rings is 2. The molecule has 6 rings (SSSR count). The zero-order valence-electron chi connectivity index (χ0n) is 23.1. The van der Waals surface area contributed by atoms with E-state index >= 15 is 0 Å². The molecule has 39 heavy (non-hydrogen) atoms. The van der Waals surface area contributed by atoms with E-state index in [1.807, 2.05) is 22.8 Å². The third-order valence-corrected chi connectivity index (χ3v) is 8.43. The number of hydrogen-bond acceptors (Lipinski definition) is 5. The number of para-hydroxylation sites is 1. The van der Waals surface area contributed by atoms with Crippen molar-refractivity contribution in [2.45, 2.75) is 58.4 Å². The van der Waals surface area contributed by atoms with Gasteiger partial charge in [0, 0.05) is 43.5 Å². The maximum Gasteiger partial charge on any atom is 0.257 e. The number of aryl methyl sites for hydroxylation is 3. The maximum atomic E-state index is 13.5. The van der Waals surface area contributed by atoms with Gasteiger partial charge in [0.25, 0.3) is 5.56 Å². The second-order valence-electron chi connectivity index (χ2n) is 11.1. The van der Waals surface area contributed by atoms with E-state index < -0.39 is 0 Å². The van der Waals surface area contributed by atoms with Crippen molar-refractivity contribution < 1.29 is 0 Å². The van der Waals surface area contributed by atoms with Crippen LogP contribution in [0.5, 0.6) is 0 Å². The van der Waals surface area contributed by atoms with Crippen molar-refractivity contribution in [3.63, 3.8) is 0 Å². The van der Waals surface area contributed by atoms with Crippen molar-refractivity contribution in [2.75, 3.05) is 37.6 Å². The topological polar surface area (TPSA) is 54.3 Å². The summed E-state index contributed by atoms with van der Waals surface area (Å²) in [4.78, 5) is 28.5. The van der Waals surface area contributed by atoms with Gasteiger partial charge in [0.15, 0.2) is 0 Å². The lowest BCUT2D eigenvalue weighted by molar-refractivity contribution is 0.252. The lowest BCUT2D eigenvalue weighted by Crippen LogP contribution is -2.47. The molecule has 202 valence electrons. The monoisotopic (exact) mass is 521 g/mol. The molecule has 0 unspecified atom stereocenters. The third-order valence-electron chi connectivity index (χ3n) is 8.43. The highest BCUT2D eigenvalue weighted by Crippen LogP contribution is 2.23. The fourth-order valence-corrected chi connectivity index (χ4v) is 6.17. The van der Waals surface area contributed by atoms with Gasteiger partial charge in [0.1, 0.15) is 11.6 Å². The fraction of sp³-hybridized carbons (Fsp3) is 0.424. The Labute approximate surface area is 231 Å². The predicted octanol–water partition coefficient (Wildman–Crippen LogP) is 5.17. The molecule has 6 heteroatoms. The van der Waals surface area contributed by atoms with Crippen LogP contribution in [0, 0.1) is 6.92 Å². The molecule has 0 spiro atoms. The first-order valence-electron chi connectivity index (χ1n) is 14.6. The first-order chi connectivity index (χ1) is 19.2. The molecule has 6 nitrogen and oxygen atoms in total. The number of hydrogen-bond donors (Lipinski definition) is 0. The minimum Gasteiger partial charge on any atom is -0.354 e. The Bertz CT molecular complexity index is 1490. The van der Waals surface area contributed by atoms with Crippen LogP contribution in [0.4, 0.5) is 5.82 Å². The molecule has 0 amide bonds. The summed E-state index contributed by atoms with van der Waals surface area (Å²) in [5, 5.41) is 1.24. The Balaban J connectivity index is 1.06. The van der Waals surface area contributed by atoms with Gasteiger partial charge in [-0.05, 0) is 75.3 Å². The number of rotatable bonds is 8. The average molecular weight is 522 g/mol. The zero-order valence-corrected chi connectivity index (χ0v) is 23.1. The lowest BCUT2D eigenvalue weighted by Gasteiger charge is -2.35. The molecule has 1 saturated heterocycles. The van der Waals surface area contributed by atoms with Gasteiger partial charge in [-0.25, -0.2) is 9.97 Å². The molecule has 0 N–H and O–H groups in total. The number of unbranched alkanes of at least 4 members (excludes halogenated alkanes) is 1. The van der Waals surface area contributed by atoms with E-state index in [0.717, 1.165) is 112 Å². The summed E-state index contributed by atoms with van der Waals surface area (Å²) in [6, 6.07) is 21.0. The molecule has 4 aromatic rings. The van der Waals surface area contributed by atoms with Crippen LogP contribution in [-0.4, -0.2) is 52.2 Å². The number of nitrogens with zero attached hydrogens (tertiary/aromatic N) is 5. The van der Waals surface area contributed by atoms with Crippen LogP contribution in [-0.2, 0) is 25.8 Å². The van der Waals surface area contributed by atoms with Crippen molar-refractivity contribution in [1.29, 1.82) is 0 Å². The van der Waals surface area contributed by atoms with Crippen LogP contribution in [0.15, 0.2) is 65.5 Å². The van der Waals surface area contributed by atoms with E-state index in [0.29, 0.717) is 6.54 Å². The van der Waals surface area contributed by atoms with Crippen molar-refractivity contribution in [3.8, 4) is 0 Å².